The number of carbonyl (C=O) groups is 1. The van der Waals surface area contributed by atoms with Crippen molar-refractivity contribution in [2.24, 2.45) is 0 Å². The molecule has 7 heteroatoms. The van der Waals surface area contributed by atoms with Gasteiger partial charge < -0.3 is 14.5 Å². The lowest BCUT2D eigenvalue weighted by Gasteiger charge is -2.12. The Morgan fingerprint density at radius 1 is 1.19 bits per heavy atom. The zero-order chi connectivity index (χ0) is 18.3. The van der Waals surface area contributed by atoms with Crippen LogP contribution in [-0.2, 0) is 12.8 Å². The zero-order valence-electron chi connectivity index (χ0n) is 14.1. The van der Waals surface area contributed by atoms with Crippen LogP contribution in [0.1, 0.15) is 34.5 Å². The standard InChI is InChI=1S/C19H16Cl2N2O3/c1-25-15-7-6-11(16-10-4-2-3-5-14(10)26-18(15)16)19(24)23-17-12(20)8-22-9-13(17)21/h6-9H,2-5H2,1H3,(H,22,23,24). The second-order valence-corrected chi connectivity index (χ2v) is 6.98. The fourth-order valence-electron chi connectivity index (χ4n) is 3.40. The number of halogens is 2. The normalized spacial score (nSPS) is 13.5. The molecule has 134 valence electrons. The number of anilines is 1. The van der Waals surface area contributed by atoms with Crippen LogP contribution in [-0.4, -0.2) is 18.0 Å². The Morgan fingerprint density at radius 3 is 2.65 bits per heavy atom. The number of fused-ring (bicyclic) bond motifs is 3. The van der Waals surface area contributed by atoms with Crippen LogP contribution in [0.5, 0.6) is 5.75 Å². The molecule has 5 nitrogen and oxygen atoms in total. The number of hydrogen-bond acceptors (Lipinski definition) is 4. The molecule has 0 unspecified atom stereocenters. The second-order valence-electron chi connectivity index (χ2n) is 6.16. The first-order valence-corrected chi connectivity index (χ1v) is 9.07. The number of benzene rings is 1. The van der Waals surface area contributed by atoms with Crippen molar-refractivity contribution >= 4 is 45.8 Å². The summed E-state index contributed by atoms with van der Waals surface area (Å²) in [4.78, 5) is 16.9. The molecule has 0 radical (unpaired) electrons. The molecule has 1 aliphatic rings. The number of aryl methyl sites for hydroxylation is 2. The van der Waals surface area contributed by atoms with Gasteiger partial charge in [-0.2, -0.15) is 0 Å². The number of hydrogen-bond donors (Lipinski definition) is 1. The summed E-state index contributed by atoms with van der Waals surface area (Å²) < 4.78 is 11.5. The Labute approximate surface area is 160 Å². The van der Waals surface area contributed by atoms with Gasteiger partial charge in [0.2, 0.25) is 0 Å². The van der Waals surface area contributed by atoms with Crippen molar-refractivity contribution in [1.29, 1.82) is 0 Å². The summed E-state index contributed by atoms with van der Waals surface area (Å²) in [7, 11) is 1.59. The van der Waals surface area contributed by atoms with E-state index in [1.165, 1.54) is 12.4 Å². The van der Waals surface area contributed by atoms with Crippen LogP contribution in [0.2, 0.25) is 10.0 Å². The number of rotatable bonds is 3. The van der Waals surface area contributed by atoms with Crippen LogP contribution < -0.4 is 10.1 Å². The van der Waals surface area contributed by atoms with Crippen molar-refractivity contribution in [3.05, 3.63) is 51.5 Å². The number of furan rings is 1. The highest BCUT2D eigenvalue weighted by molar-refractivity contribution is 6.39. The van der Waals surface area contributed by atoms with Crippen molar-refractivity contribution in [3.63, 3.8) is 0 Å². The fraction of sp³-hybridized carbons (Fsp3) is 0.263. The third-order valence-corrected chi connectivity index (χ3v) is 5.20. The lowest BCUT2D eigenvalue weighted by molar-refractivity contribution is 0.102. The highest BCUT2D eigenvalue weighted by Gasteiger charge is 2.25. The van der Waals surface area contributed by atoms with Gasteiger partial charge in [0.25, 0.3) is 5.91 Å². The molecular weight excluding hydrogens is 375 g/mol. The van der Waals surface area contributed by atoms with Crippen LogP contribution in [0.25, 0.3) is 11.0 Å². The average Bonchev–Trinajstić information content (AvgIpc) is 3.03. The first-order valence-electron chi connectivity index (χ1n) is 8.31. The first kappa shape index (κ1) is 17.2. The molecule has 0 saturated carbocycles. The van der Waals surface area contributed by atoms with Gasteiger partial charge in [0.15, 0.2) is 11.3 Å². The van der Waals surface area contributed by atoms with E-state index in [-0.39, 0.29) is 16.0 Å². The summed E-state index contributed by atoms with van der Waals surface area (Å²) in [6.45, 7) is 0. The SMILES string of the molecule is COc1ccc(C(=O)Nc2c(Cl)cncc2Cl)c2c3c(oc12)CCCC3. The topological polar surface area (TPSA) is 64.4 Å². The molecule has 3 aromatic rings. The van der Waals surface area contributed by atoms with Crippen molar-refractivity contribution in [1.82, 2.24) is 4.98 Å². The molecule has 0 fully saturated rings. The second kappa shape index (κ2) is 6.82. The zero-order valence-corrected chi connectivity index (χ0v) is 15.6. The van der Waals surface area contributed by atoms with Gasteiger partial charge in [0.05, 0.1) is 28.4 Å². The van der Waals surface area contributed by atoms with E-state index in [1.54, 1.807) is 19.2 Å². The summed E-state index contributed by atoms with van der Waals surface area (Å²) in [6.07, 6.45) is 6.78. The van der Waals surface area contributed by atoms with Crippen LogP contribution in [0.15, 0.2) is 28.9 Å². The molecule has 2 heterocycles. The number of carbonyl (C=O) groups excluding carboxylic acids is 1. The first-order chi connectivity index (χ1) is 12.6. The van der Waals surface area contributed by atoms with Crippen molar-refractivity contribution in [2.75, 3.05) is 12.4 Å². The fourth-order valence-corrected chi connectivity index (χ4v) is 3.86. The van der Waals surface area contributed by atoms with E-state index < -0.39 is 0 Å². The molecule has 26 heavy (non-hydrogen) atoms. The van der Waals surface area contributed by atoms with Gasteiger partial charge in [-0.3, -0.25) is 9.78 Å². The van der Waals surface area contributed by atoms with Gasteiger partial charge >= 0.3 is 0 Å². The lowest BCUT2D eigenvalue weighted by atomic mass is 9.93. The smallest absolute Gasteiger partial charge is 0.256 e. The average molecular weight is 391 g/mol. The minimum atomic E-state index is -0.304. The summed E-state index contributed by atoms with van der Waals surface area (Å²) in [5.74, 6) is 1.25. The number of methoxy groups -OCH3 is 1. The van der Waals surface area contributed by atoms with Crippen molar-refractivity contribution < 1.29 is 13.9 Å². The molecule has 1 amide bonds. The van der Waals surface area contributed by atoms with Gasteiger partial charge in [-0.1, -0.05) is 23.2 Å². The molecule has 0 atom stereocenters. The van der Waals surface area contributed by atoms with Crippen molar-refractivity contribution in [2.45, 2.75) is 25.7 Å². The molecular formula is C19H16Cl2N2O3. The summed E-state index contributed by atoms with van der Waals surface area (Å²) in [6, 6.07) is 3.48. The Balaban J connectivity index is 1.83. The maximum atomic E-state index is 13.0. The van der Waals surface area contributed by atoms with E-state index in [9.17, 15) is 4.79 Å². The summed E-state index contributed by atoms with van der Waals surface area (Å²) in [5, 5.41) is 4.16. The van der Waals surface area contributed by atoms with Gasteiger partial charge in [0, 0.05) is 29.8 Å². The van der Waals surface area contributed by atoms with Crippen molar-refractivity contribution in [3.8, 4) is 5.75 Å². The number of nitrogens with one attached hydrogen (secondary N) is 1. The monoisotopic (exact) mass is 390 g/mol. The number of pyridine rings is 1. The summed E-state index contributed by atoms with van der Waals surface area (Å²) >= 11 is 12.2. The van der Waals surface area contributed by atoms with E-state index in [4.69, 9.17) is 32.4 Å². The Bertz CT molecular complexity index is 993. The van der Waals surface area contributed by atoms with E-state index in [0.29, 0.717) is 22.6 Å². The highest BCUT2D eigenvalue weighted by atomic mass is 35.5. The van der Waals surface area contributed by atoms with Gasteiger partial charge in [0.1, 0.15) is 5.76 Å². The number of amides is 1. The Hall–Kier alpha value is -2.24. The van der Waals surface area contributed by atoms with E-state index >= 15 is 0 Å². The van der Waals surface area contributed by atoms with Gasteiger partial charge in [-0.05, 0) is 31.4 Å². The van der Waals surface area contributed by atoms with E-state index in [0.717, 1.165) is 42.4 Å². The molecule has 0 bridgehead atoms. The van der Waals surface area contributed by atoms with E-state index in [1.807, 2.05) is 0 Å². The number of ether oxygens (including phenoxy) is 1. The quantitative estimate of drug-likeness (QED) is 0.660. The van der Waals surface area contributed by atoms with E-state index in [2.05, 4.69) is 10.3 Å². The molecule has 2 aromatic heterocycles. The molecule has 1 aromatic carbocycles. The molecule has 0 spiro atoms. The summed E-state index contributed by atoms with van der Waals surface area (Å²) in [5.41, 5.74) is 2.55. The maximum Gasteiger partial charge on any atom is 0.256 e. The van der Waals surface area contributed by atoms with Gasteiger partial charge in [-0.25, -0.2) is 0 Å². The van der Waals surface area contributed by atoms with Crippen LogP contribution in [0.4, 0.5) is 5.69 Å². The maximum absolute atomic E-state index is 13.0. The largest absolute Gasteiger partial charge is 0.493 e. The molecule has 1 N–H and O–H groups in total. The third-order valence-electron chi connectivity index (χ3n) is 4.62. The predicted octanol–water partition coefficient (Wildman–Crippen LogP) is 5.27. The number of nitrogens with zero attached hydrogens (tertiary/aromatic N) is 1. The minimum absolute atomic E-state index is 0.282. The Kier molecular flexibility index (Phi) is 4.51. The van der Waals surface area contributed by atoms with Crippen LogP contribution >= 0.6 is 23.2 Å². The number of aromatic nitrogens is 1. The lowest BCUT2D eigenvalue weighted by Crippen LogP contribution is -2.14. The van der Waals surface area contributed by atoms with Crippen LogP contribution in [0, 0.1) is 0 Å². The van der Waals surface area contributed by atoms with Gasteiger partial charge in [-0.15, -0.1) is 0 Å². The predicted molar refractivity (Wildman–Crippen MR) is 102 cm³/mol. The highest BCUT2D eigenvalue weighted by Crippen LogP contribution is 2.39. The minimum Gasteiger partial charge on any atom is -0.493 e. The molecule has 0 saturated heterocycles. The van der Waals surface area contributed by atoms with Crippen LogP contribution in [0.3, 0.4) is 0 Å². The Morgan fingerprint density at radius 2 is 1.92 bits per heavy atom. The third kappa shape index (κ3) is 2.81. The molecule has 4 rings (SSSR count). The molecule has 0 aliphatic heterocycles. The molecule has 1 aliphatic carbocycles.